The SMILES string of the molecule is COc1ccc(NC(=O)CNC(=O)NC2CC2)cc1OC. The standard InChI is InChI=1S/C14H19N3O4/c1-20-11-6-5-10(7-12(11)21-2)16-13(18)8-15-14(19)17-9-3-4-9/h5-7,9H,3-4,8H2,1-2H3,(H,16,18)(H2,15,17,19). The van der Waals surface area contributed by atoms with Crippen LogP contribution in [0.15, 0.2) is 18.2 Å². The molecule has 7 heteroatoms. The molecule has 21 heavy (non-hydrogen) atoms. The van der Waals surface area contributed by atoms with Gasteiger partial charge in [-0.1, -0.05) is 0 Å². The van der Waals surface area contributed by atoms with Gasteiger partial charge in [0, 0.05) is 17.8 Å². The molecule has 0 radical (unpaired) electrons. The maximum atomic E-state index is 11.7. The van der Waals surface area contributed by atoms with Crippen LogP contribution in [0.1, 0.15) is 12.8 Å². The Balaban J connectivity index is 1.82. The summed E-state index contributed by atoms with van der Waals surface area (Å²) in [5.74, 6) is 0.792. The van der Waals surface area contributed by atoms with Gasteiger partial charge in [0.2, 0.25) is 5.91 Å². The van der Waals surface area contributed by atoms with Crippen molar-refractivity contribution >= 4 is 17.6 Å². The first-order chi connectivity index (χ1) is 10.1. The highest BCUT2D eigenvalue weighted by molar-refractivity contribution is 5.94. The van der Waals surface area contributed by atoms with Gasteiger partial charge in [0.15, 0.2) is 11.5 Å². The lowest BCUT2D eigenvalue weighted by molar-refractivity contribution is -0.115. The smallest absolute Gasteiger partial charge is 0.315 e. The molecule has 114 valence electrons. The van der Waals surface area contributed by atoms with Crippen LogP contribution in [0.3, 0.4) is 0 Å². The van der Waals surface area contributed by atoms with E-state index in [1.165, 1.54) is 7.11 Å². The summed E-state index contributed by atoms with van der Waals surface area (Å²) in [6.45, 7) is -0.0904. The number of methoxy groups -OCH3 is 2. The molecular weight excluding hydrogens is 274 g/mol. The van der Waals surface area contributed by atoms with Crippen molar-refractivity contribution in [3.05, 3.63) is 18.2 Å². The molecule has 1 aromatic carbocycles. The van der Waals surface area contributed by atoms with E-state index in [0.29, 0.717) is 17.2 Å². The number of carbonyl (C=O) groups excluding carboxylic acids is 2. The molecule has 0 atom stereocenters. The zero-order chi connectivity index (χ0) is 15.2. The summed E-state index contributed by atoms with van der Waals surface area (Å²) in [6.07, 6.45) is 2.01. The molecule has 1 saturated carbocycles. The van der Waals surface area contributed by atoms with E-state index >= 15 is 0 Å². The van der Waals surface area contributed by atoms with Crippen LogP contribution in [0.5, 0.6) is 11.5 Å². The molecule has 3 N–H and O–H groups in total. The molecule has 1 aliphatic rings. The van der Waals surface area contributed by atoms with Crippen molar-refractivity contribution in [3.63, 3.8) is 0 Å². The largest absolute Gasteiger partial charge is 0.493 e. The number of hydrogen-bond donors (Lipinski definition) is 3. The van der Waals surface area contributed by atoms with E-state index < -0.39 is 0 Å². The number of hydrogen-bond acceptors (Lipinski definition) is 4. The fourth-order valence-corrected chi connectivity index (χ4v) is 1.74. The summed E-state index contributed by atoms with van der Waals surface area (Å²) in [7, 11) is 3.06. The van der Waals surface area contributed by atoms with Crippen LogP contribution in [0.4, 0.5) is 10.5 Å². The first-order valence-corrected chi connectivity index (χ1v) is 6.68. The van der Waals surface area contributed by atoms with Crippen molar-refractivity contribution < 1.29 is 19.1 Å². The van der Waals surface area contributed by atoms with E-state index in [2.05, 4.69) is 16.0 Å². The van der Waals surface area contributed by atoms with Gasteiger partial charge >= 0.3 is 6.03 Å². The van der Waals surface area contributed by atoms with Crippen molar-refractivity contribution in [1.82, 2.24) is 10.6 Å². The van der Waals surface area contributed by atoms with Crippen LogP contribution in [-0.2, 0) is 4.79 Å². The maximum absolute atomic E-state index is 11.7. The first-order valence-electron chi connectivity index (χ1n) is 6.68. The van der Waals surface area contributed by atoms with E-state index in [1.54, 1.807) is 25.3 Å². The summed E-state index contributed by atoms with van der Waals surface area (Å²) in [5.41, 5.74) is 0.571. The number of amides is 3. The third-order valence-corrected chi connectivity index (χ3v) is 2.99. The number of nitrogens with one attached hydrogen (secondary N) is 3. The van der Waals surface area contributed by atoms with E-state index in [9.17, 15) is 9.59 Å². The second-order valence-corrected chi connectivity index (χ2v) is 4.72. The summed E-state index contributed by atoms with van der Waals surface area (Å²) in [5, 5.41) is 7.92. The summed E-state index contributed by atoms with van der Waals surface area (Å²) in [6, 6.07) is 4.99. The predicted octanol–water partition coefficient (Wildman–Crippen LogP) is 1.10. The van der Waals surface area contributed by atoms with E-state index in [4.69, 9.17) is 9.47 Å². The Hall–Kier alpha value is -2.44. The van der Waals surface area contributed by atoms with Gasteiger partial charge in [-0.15, -0.1) is 0 Å². The number of carbonyl (C=O) groups is 2. The van der Waals surface area contributed by atoms with Gasteiger partial charge in [0.25, 0.3) is 0 Å². The van der Waals surface area contributed by atoms with Crippen LogP contribution in [-0.4, -0.2) is 38.7 Å². The molecule has 2 rings (SSSR count). The fraction of sp³-hybridized carbons (Fsp3) is 0.429. The Bertz CT molecular complexity index is 529. The molecule has 1 aliphatic carbocycles. The van der Waals surface area contributed by atoms with Crippen LogP contribution >= 0.6 is 0 Å². The Labute approximate surface area is 123 Å². The molecule has 0 spiro atoms. The number of benzene rings is 1. The average molecular weight is 293 g/mol. The predicted molar refractivity (Wildman–Crippen MR) is 77.7 cm³/mol. The molecule has 0 heterocycles. The highest BCUT2D eigenvalue weighted by atomic mass is 16.5. The lowest BCUT2D eigenvalue weighted by atomic mass is 10.2. The summed E-state index contributed by atoms with van der Waals surface area (Å²) in [4.78, 5) is 23.1. The quantitative estimate of drug-likeness (QED) is 0.733. The van der Waals surface area contributed by atoms with Gasteiger partial charge < -0.3 is 25.4 Å². The third-order valence-electron chi connectivity index (χ3n) is 2.99. The Morgan fingerprint density at radius 2 is 1.90 bits per heavy atom. The molecule has 0 unspecified atom stereocenters. The number of rotatable bonds is 6. The molecule has 7 nitrogen and oxygen atoms in total. The minimum Gasteiger partial charge on any atom is -0.493 e. The minimum absolute atomic E-state index is 0.0904. The second-order valence-electron chi connectivity index (χ2n) is 4.72. The highest BCUT2D eigenvalue weighted by Crippen LogP contribution is 2.29. The third kappa shape index (κ3) is 4.55. The summed E-state index contributed by atoms with van der Waals surface area (Å²) >= 11 is 0. The lowest BCUT2D eigenvalue weighted by Crippen LogP contribution is -2.40. The fourth-order valence-electron chi connectivity index (χ4n) is 1.74. The molecule has 1 aromatic rings. The molecule has 3 amide bonds. The monoisotopic (exact) mass is 293 g/mol. The van der Waals surface area contributed by atoms with E-state index in [0.717, 1.165) is 12.8 Å². The van der Waals surface area contributed by atoms with Crippen molar-refractivity contribution in [1.29, 1.82) is 0 Å². The zero-order valence-corrected chi connectivity index (χ0v) is 12.1. The number of ether oxygens (including phenoxy) is 2. The minimum atomic E-state index is -0.319. The normalized spacial score (nSPS) is 13.2. The maximum Gasteiger partial charge on any atom is 0.315 e. The molecule has 0 aromatic heterocycles. The van der Waals surface area contributed by atoms with Crippen molar-refractivity contribution in [2.24, 2.45) is 0 Å². The zero-order valence-electron chi connectivity index (χ0n) is 12.1. The lowest BCUT2D eigenvalue weighted by Gasteiger charge is -2.11. The number of urea groups is 1. The molecule has 0 saturated heterocycles. The van der Waals surface area contributed by atoms with E-state index in [-0.39, 0.29) is 24.5 Å². The van der Waals surface area contributed by atoms with Crippen molar-refractivity contribution in [3.8, 4) is 11.5 Å². The Kier molecular flexibility index (Phi) is 4.86. The van der Waals surface area contributed by atoms with Gasteiger partial charge in [0.05, 0.1) is 20.8 Å². The number of anilines is 1. The van der Waals surface area contributed by atoms with Crippen molar-refractivity contribution in [2.75, 3.05) is 26.1 Å². The average Bonchev–Trinajstić information content (AvgIpc) is 3.29. The first kappa shape index (κ1) is 15.0. The Morgan fingerprint density at radius 1 is 1.19 bits per heavy atom. The van der Waals surface area contributed by atoms with E-state index in [1.807, 2.05) is 0 Å². The van der Waals surface area contributed by atoms with Gasteiger partial charge in [-0.2, -0.15) is 0 Å². The van der Waals surface area contributed by atoms with Crippen LogP contribution in [0.25, 0.3) is 0 Å². The molecule has 0 bridgehead atoms. The van der Waals surface area contributed by atoms with Gasteiger partial charge in [-0.3, -0.25) is 4.79 Å². The van der Waals surface area contributed by atoms with Crippen LogP contribution < -0.4 is 25.4 Å². The molecule has 0 aliphatic heterocycles. The van der Waals surface area contributed by atoms with Gasteiger partial charge in [0.1, 0.15) is 0 Å². The van der Waals surface area contributed by atoms with Gasteiger partial charge in [-0.05, 0) is 25.0 Å². The van der Waals surface area contributed by atoms with Crippen molar-refractivity contribution in [2.45, 2.75) is 18.9 Å². The molecular formula is C14H19N3O4. The highest BCUT2D eigenvalue weighted by Gasteiger charge is 2.23. The van der Waals surface area contributed by atoms with Crippen LogP contribution in [0.2, 0.25) is 0 Å². The topological polar surface area (TPSA) is 88.7 Å². The Morgan fingerprint density at radius 3 is 2.52 bits per heavy atom. The van der Waals surface area contributed by atoms with Crippen LogP contribution in [0, 0.1) is 0 Å². The summed E-state index contributed by atoms with van der Waals surface area (Å²) < 4.78 is 10.3. The van der Waals surface area contributed by atoms with Gasteiger partial charge in [-0.25, -0.2) is 4.79 Å². The second kappa shape index (κ2) is 6.83. The molecule has 1 fully saturated rings.